The largest absolute Gasteiger partial charge is 0.506 e. The van der Waals surface area contributed by atoms with Crippen molar-refractivity contribution in [2.45, 2.75) is 46.5 Å². The van der Waals surface area contributed by atoms with Gasteiger partial charge in [0.1, 0.15) is 11.4 Å². The maximum atomic E-state index is 13.4. The lowest BCUT2D eigenvalue weighted by Gasteiger charge is -2.34. The van der Waals surface area contributed by atoms with E-state index in [2.05, 4.69) is 47.8 Å². The van der Waals surface area contributed by atoms with Gasteiger partial charge < -0.3 is 9.52 Å². The van der Waals surface area contributed by atoms with Crippen LogP contribution in [0.4, 0.5) is 0 Å². The van der Waals surface area contributed by atoms with E-state index in [-0.39, 0.29) is 23.2 Å². The number of aromatic hydroxyl groups is 1. The predicted molar refractivity (Wildman–Crippen MR) is 98.8 cm³/mol. The summed E-state index contributed by atoms with van der Waals surface area (Å²) in [5.74, 6) is 1.33. The van der Waals surface area contributed by atoms with E-state index in [0.717, 1.165) is 24.0 Å². The molecule has 1 fully saturated rings. The van der Waals surface area contributed by atoms with E-state index in [1.807, 2.05) is 6.92 Å². The van der Waals surface area contributed by atoms with Crippen LogP contribution >= 0.6 is 15.9 Å². The van der Waals surface area contributed by atoms with Crippen LogP contribution in [0, 0.1) is 24.2 Å². The molecule has 132 valence electrons. The Morgan fingerprint density at radius 2 is 2.16 bits per heavy atom. The summed E-state index contributed by atoms with van der Waals surface area (Å²) >= 11 is 3.48. The van der Waals surface area contributed by atoms with Crippen molar-refractivity contribution in [2.75, 3.05) is 0 Å². The summed E-state index contributed by atoms with van der Waals surface area (Å²) in [5, 5.41) is 10.9. The molecule has 0 saturated heterocycles. The number of fused-ring (bicyclic) bond motifs is 5. The first-order valence-corrected chi connectivity index (χ1v) is 9.57. The van der Waals surface area contributed by atoms with Crippen LogP contribution in [0.5, 0.6) is 5.75 Å². The molecule has 5 heteroatoms. The van der Waals surface area contributed by atoms with Crippen LogP contribution < -0.4 is 0 Å². The molecule has 4 nitrogen and oxygen atoms in total. The Kier molecular flexibility index (Phi) is 3.66. The molecule has 1 aromatic heterocycles. The van der Waals surface area contributed by atoms with Crippen LogP contribution in [0.25, 0.3) is 11.3 Å². The van der Waals surface area contributed by atoms with Gasteiger partial charge in [-0.3, -0.25) is 4.79 Å². The van der Waals surface area contributed by atoms with E-state index in [4.69, 9.17) is 4.42 Å². The van der Waals surface area contributed by atoms with Gasteiger partial charge in [-0.2, -0.15) is 0 Å². The standard InChI is InChI=1S/C20H22BrNO3/c1-9(2)11-5-6-20(4)14(11)12-7-10(3)15(21)17(23)13(12)16-18(19(20)24)25-8-22-16/h7-9,11,14,23H,5-6H2,1-4H3. The monoisotopic (exact) mass is 403 g/mol. The van der Waals surface area contributed by atoms with Crippen molar-refractivity contribution in [3.05, 3.63) is 33.8 Å². The number of ketones is 1. The Bertz CT molecular complexity index is 885. The maximum Gasteiger partial charge on any atom is 0.206 e. The number of hydrogen-bond donors (Lipinski definition) is 1. The lowest BCUT2D eigenvalue weighted by molar-refractivity contribution is 0.0755. The Labute approximate surface area is 155 Å². The van der Waals surface area contributed by atoms with E-state index in [1.165, 1.54) is 6.39 Å². The smallest absolute Gasteiger partial charge is 0.206 e. The summed E-state index contributed by atoms with van der Waals surface area (Å²) < 4.78 is 6.16. The molecule has 3 atom stereocenters. The number of Topliss-reactive ketones (excluding diaryl/α,β-unsaturated/α-hetero) is 1. The van der Waals surface area contributed by atoms with Crippen molar-refractivity contribution in [3.63, 3.8) is 0 Å². The lowest BCUT2D eigenvalue weighted by Crippen LogP contribution is -2.32. The number of hydrogen-bond acceptors (Lipinski definition) is 4. The molecule has 25 heavy (non-hydrogen) atoms. The fourth-order valence-electron chi connectivity index (χ4n) is 4.95. The van der Waals surface area contributed by atoms with Crippen LogP contribution in [0.3, 0.4) is 0 Å². The summed E-state index contributed by atoms with van der Waals surface area (Å²) in [5.41, 5.74) is 2.58. The molecule has 0 amide bonds. The number of rotatable bonds is 1. The number of phenolic OH excluding ortho intramolecular Hbond substituents is 1. The second kappa shape index (κ2) is 5.44. The van der Waals surface area contributed by atoms with Gasteiger partial charge in [0.25, 0.3) is 0 Å². The van der Waals surface area contributed by atoms with Gasteiger partial charge in [-0.25, -0.2) is 4.98 Å². The summed E-state index contributed by atoms with van der Waals surface area (Å²) in [7, 11) is 0. The average Bonchev–Trinajstić information content (AvgIpc) is 3.15. The third-order valence-corrected chi connectivity index (χ3v) is 7.28. The van der Waals surface area contributed by atoms with Crippen molar-refractivity contribution in [3.8, 4) is 17.0 Å². The van der Waals surface area contributed by atoms with Crippen molar-refractivity contribution in [1.29, 1.82) is 0 Å². The van der Waals surface area contributed by atoms with Gasteiger partial charge >= 0.3 is 0 Å². The molecule has 0 spiro atoms. The molecule has 0 aliphatic heterocycles. The van der Waals surface area contributed by atoms with Crippen LogP contribution in [-0.4, -0.2) is 15.9 Å². The number of carbonyl (C=O) groups excluding carboxylic acids is 1. The highest BCUT2D eigenvalue weighted by Gasteiger charge is 2.55. The van der Waals surface area contributed by atoms with Crippen molar-refractivity contribution in [2.24, 2.45) is 17.3 Å². The number of phenols is 1. The van der Waals surface area contributed by atoms with E-state index >= 15 is 0 Å². The Morgan fingerprint density at radius 1 is 1.44 bits per heavy atom. The number of carbonyl (C=O) groups is 1. The molecular weight excluding hydrogens is 382 g/mol. The van der Waals surface area contributed by atoms with Crippen LogP contribution in [-0.2, 0) is 0 Å². The highest BCUT2D eigenvalue weighted by Crippen LogP contribution is 2.61. The number of oxazole rings is 1. The molecule has 4 rings (SSSR count). The highest BCUT2D eigenvalue weighted by molar-refractivity contribution is 9.10. The quantitative estimate of drug-likeness (QED) is 0.685. The van der Waals surface area contributed by atoms with E-state index in [0.29, 0.717) is 27.6 Å². The second-order valence-corrected chi connectivity index (χ2v) is 8.81. The summed E-state index contributed by atoms with van der Waals surface area (Å²) in [4.78, 5) is 17.7. The van der Waals surface area contributed by atoms with E-state index in [1.54, 1.807) is 0 Å². The minimum absolute atomic E-state index is 0.0116. The van der Waals surface area contributed by atoms with Gasteiger partial charge in [0.05, 0.1) is 10.0 Å². The van der Waals surface area contributed by atoms with E-state index in [9.17, 15) is 9.90 Å². The molecule has 0 bridgehead atoms. The zero-order chi connectivity index (χ0) is 18.1. The SMILES string of the molecule is Cc1cc2c(c(O)c1Br)-c1ncoc1C(=O)C1(C)CCC(C(C)C)C21. The molecule has 1 heterocycles. The molecule has 1 aromatic carbocycles. The van der Waals surface area contributed by atoms with Crippen molar-refractivity contribution >= 4 is 21.7 Å². The molecule has 1 saturated carbocycles. The van der Waals surface area contributed by atoms with Gasteiger partial charge in [0, 0.05) is 11.3 Å². The van der Waals surface area contributed by atoms with Gasteiger partial charge in [-0.15, -0.1) is 0 Å². The molecule has 0 radical (unpaired) electrons. The molecule has 3 unspecified atom stereocenters. The lowest BCUT2D eigenvalue weighted by atomic mass is 9.68. The number of aromatic nitrogens is 1. The number of benzene rings is 1. The highest BCUT2D eigenvalue weighted by atomic mass is 79.9. The van der Waals surface area contributed by atoms with Crippen LogP contribution in [0.2, 0.25) is 0 Å². The van der Waals surface area contributed by atoms with E-state index < -0.39 is 5.41 Å². The Hall–Kier alpha value is -1.62. The first-order chi connectivity index (χ1) is 11.8. The summed E-state index contributed by atoms with van der Waals surface area (Å²) in [6.45, 7) is 8.45. The van der Waals surface area contributed by atoms with Crippen molar-refractivity contribution in [1.82, 2.24) is 4.98 Å². The number of nitrogens with zero attached hydrogens (tertiary/aromatic N) is 1. The Morgan fingerprint density at radius 3 is 2.84 bits per heavy atom. The van der Waals surface area contributed by atoms with Gasteiger partial charge in [0.2, 0.25) is 5.78 Å². The van der Waals surface area contributed by atoms with Crippen LogP contribution in [0.1, 0.15) is 61.2 Å². The summed E-state index contributed by atoms with van der Waals surface area (Å²) in [6, 6.07) is 2.11. The number of halogens is 1. The van der Waals surface area contributed by atoms with Crippen molar-refractivity contribution < 1.29 is 14.3 Å². The first kappa shape index (κ1) is 16.8. The topological polar surface area (TPSA) is 63.3 Å². The van der Waals surface area contributed by atoms with Gasteiger partial charge in [-0.05, 0) is 58.7 Å². The fourth-order valence-corrected chi connectivity index (χ4v) is 5.26. The minimum atomic E-state index is -0.527. The molecule has 2 aromatic rings. The molecule has 1 N–H and O–H groups in total. The molecule has 2 aliphatic carbocycles. The maximum absolute atomic E-state index is 13.4. The van der Waals surface area contributed by atoms with Gasteiger partial charge in [0.15, 0.2) is 12.2 Å². The first-order valence-electron chi connectivity index (χ1n) is 8.78. The third-order valence-electron chi connectivity index (χ3n) is 6.28. The normalized spacial score (nSPS) is 27.8. The average molecular weight is 404 g/mol. The second-order valence-electron chi connectivity index (χ2n) is 8.02. The number of aryl methyl sites for hydroxylation is 1. The summed E-state index contributed by atoms with van der Waals surface area (Å²) in [6.07, 6.45) is 3.14. The fraction of sp³-hybridized carbons (Fsp3) is 0.500. The van der Waals surface area contributed by atoms with Gasteiger partial charge in [-0.1, -0.05) is 26.8 Å². The zero-order valence-electron chi connectivity index (χ0n) is 14.9. The third kappa shape index (κ3) is 2.11. The Balaban J connectivity index is 2.11. The predicted octanol–water partition coefficient (Wildman–Crippen LogP) is 5.47. The minimum Gasteiger partial charge on any atom is -0.506 e. The molecular formula is C20H22BrNO3. The zero-order valence-corrected chi connectivity index (χ0v) is 16.5. The van der Waals surface area contributed by atoms with Crippen LogP contribution in [0.15, 0.2) is 21.3 Å². The molecule has 2 aliphatic rings.